The average molecular weight is 489 g/mol. The summed E-state index contributed by atoms with van der Waals surface area (Å²) in [6.45, 7) is 2.59. The smallest absolute Gasteiger partial charge is 0.323 e. The van der Waals surface area contributed by atoms with E-state index in [-0.39, 0.29) is 55.1 Å². The minimum Gasteiger partial charge on any atom is -0.480 e. The summed E-state index contributed by atoms with van der Waals surface area (Å²) in [6.07, 6.45) is 4.43. The molecule has 0 aromatic rings. The molecule has 0 bridgehead atoms. The first-order valence-corrected chi connectivity index (χ1v) is 11.3. The maximum Gasteiger partial charge on any atom is 0.323 e. The number of carbonyl (C=O) groups is 4. The molecule has 0 aromatic carbocycles. The van der Waals surface area contributed by atoms with Gasteiger partial charge in [-0.2, -0.15) is 0 Å². The predicted molar refractivity (Wildman–Crippen MR) is 125 cm³/mol. The summed E-state index contributed by atoms with van der Waals surface area (Å²) < 4.78 is 0. The summed E-state index contributed by atoms with van der Waals surface area (Å²) in [5.41, 5.74) is 5.59. The number of halogens is 1. The zero-order valence-corrected chi connectivity index (χ0v) is 20.2. The number of amides is 3. The van der Waals surface area contributed by atoms with Gasteiger partial charge in [0.05, 0.1) is 6.42 Å². The molecular weight excluding hydrogens is 452 g/mol. The summed E-state index contributed by atoms with van der Waals surface area (Å²) in [5.74, 6) is -2.35. The van der Waals surface area contributed by atoms with Gasteiger partial charge in [0, 0.05) is 38.6 Å². The van der Waals surface area contributed by atoms with Crippen LogP contribution in [0.15, 0.2) is 0 Å². The van der Waals surface area contributed by atoms with Crippen LogP contribution < -0.4 is 11.1 Å². The molecule has 5 N–H and O–H groups in total. The summed E-state index contributed by atoms with van der Waals surface area (Å²) in [7, 11) is 1.65. The van der Waals surface area contributed by atoms with E-state index >= 15 is 0 Å². The van der Waals surface area contributed by atoms with Crippen LogP contribution in [0.3, 0.4) is 0 Å². The lowest BCUT2D eigenvalue weighted by atomic mass is 10.0. The van der Waals surface area contributed by atoms with Crippen molar-refractivity contribution in [2.45, 2.75) is 76.4 Å². The number of hydrogen-bond acceptors (Lipinski definition) is 5. The lowest BCUT2D eigenvalue weighted by molar-refractivity contribution is -0.147. The van der Waals surface area contributed by atoms with E-state index in [1.807, 2.05) is 6.92 Å². The summed E-state index contributed by atoms with van der Waals surface area (Å²) in [4.78, 5) is 54.3. The van der Waals surface area contributed by atoms with Crippen molar-refractivity contribution in [3.63, 3.8) is 0 Å². The van der Waals surface area contributed by atoms with E-state index in [9.17, 15) is 24.3 Å². The van der Waals surface area contributed by atoms with Crippen molar-refractivity contribution in [2.75, 3.05) is 26.7 Å². The maximum atomic E-state index is 13.2. The molecule has 12 heteroatoms. The molecule has 1 saturated carbocycles. The van der Waals surface area contributed by atoms with Gasteiger partial charge in [0.2, 0.25) is 17.7 Å². The quantitative estimate of drug-likeness (QED) is 0.241. The van der Waals surface area contributed by atoms with E-state index in [1.54, 1.807) is 16.8 Å². The summed E-state index contributed by atoms with van der Waals surface area (Å²) in [6, 6.07) is -1.43. The highest BCUT2D eigenvalue weighted by molar-refractivity contribution is 5.93. The van der Waals surface area contributed by atoms with Gasteiger partial charge in [-0.3, -0.25) is 24.6 Å². The van der Waals surface area contributed by atoms with Gasteiger partial charge in [-0.15, -0.1) is 12.4 Å². The molecule has 188 valence electrons. The largest absolute Gasteiger partial charge is 0.480 e. The molecule has 2 aliphatic rings. The van der Waals surface area contributed by atoms with Crippen LogP contribution in [0.2, 0.25) is 0 Å². The Labute approximate surface area is 200 Å². The summed E-state index contributed by atoms with van der Waals surface area (Å²) in [5, 5.41) is 19.5. The second-order valence-corrected chi connectivity index (χ2v) is 8.65. The topological polar surface area (TPSA) is 160 Å². The zero-order chi connectivity index (χ0) is 23.8. The zero-order valence-electron chi connectivity index (χ0n) is 19.4. The molecule has 11 nitrogen and oxygen atoms in total. The van der Waals surface area contributed by atoms with Crippen LogP contribution in [0.4, 0.5) is 0 Å². The molecule has 2 rings (SSSR count). The third kappa shape index (κ3) is 8.71. The van der Waals surface area contributed by atoms with Gasteiger partial charge in [0.15, 0.2) is 5.96 Å². The van der Waals surface area contributed by atoms with Crippen LogP contribution in [-0.2, 0) is 19.2 Å². The van der Waals surface area contributed by atoms with Crippen molar-refractivity contribution in [1.29, 1.82) is 5.41 Å². The fourth-order valence-electron chi connectivity index (χ4n) is 3.93. The fraction of sp³-hybridized carbons (Fsp3) is 0.762. The van der Waals surface area contributed by atoms with Crippen molar-refractivity contribution >= 4 is 42.1 Å². The highest BCUT2D eigenvalue weighted by atomic mass is 35.5. The number of piperidine rings is 1. The Bertz CT molecular complexity index is 732. The highest BCUT2D eigenvalue weighted by Gasteiger charge is 2.39. The van der Waals surface area contributed by atoms with Crippen LogP contribution in [0, 0.1) is 5.41 Å². The van der Waals surface area contributed by atoms with E-state index in [2.05, 4.69) is 5.32 Å². The van der Waals surface area contributed by atoms with Crippen LogP contribution in [0.1, 0.15) is 58.3 Å². The minimum absolute atomic E-state index is 0. The summed E-state index contributed by atoms with van der Waals surface area (Å²) >= 11 is 0. The Hall–Kier alpha value is -2.56. The van der Waals surface area contributed by atoms with E-state index < -0.39 is 24.5 Å². The van der Waals surface area contributed by atoms with Crippen molar-refractivity contribution in [3.8, 4) is 0 Å². The standard InChI is InChI=1S/C21H36N6O5.ClH/c1-3-4-7-17(28)24-16(20(32)27(13-19(30)31)14-8-9-14)11-18(29)25(2)15-6-5-10-26(12-15)21(22)23;/h14-16H,3-13H2,1-2H3,(H3,22,23)(H,24,28)(H,30,31);1H/t15-,16-;/m0./s1. The Morgan fingerprint density at radius 3 is 2.42 bits per heavy atom. The minimum atomic E-state index is -1.13. The van der Waals surface area contributed by atoms with Gasteiger partial charge in [0.1, 0.15) is 12.6 Å². The maximum absolute atomic E-state index is 13.2. The third-order valence-electron chi connectivity index (χ3n) is 6.02. The van der Waals surface area contributed by atoms with Crippen LogP contribution in [0.25, 0.3) is 0 Å². The van der Waals surface area contributed by atoms with Crippen molar-refractivity contribution in [1.82, 2.24) is 20.0 Å². The van der Waals surface area contributed by atoms with Crippen molar-refractivity contribution in [2.24, 2.45) is 5.73 Å². The Morgan fingerprint density at radius 2 is 1.88 bits per heavy atom. The van der Waals surface area contributed by atoms with Gasteiger partial charge in [-0.25, -0.2) is 0 Å². The molecule has 0 radical (unpaired) electrons. The van der Waals surface area contributed by atoms with E-state index in [4.69, 9.17) is 11.1 Å². The first kappa shape index (κ1) is 28.5. The number of nitrogens with zero attached hydrogens (tertiary/aromatic N) is 3. The van der Waals surface area contributed by atoms with Crippen LogP contribution in [0.5, 0.6) is 0 Å². The number of rotatable bonds is 11. The van der Waals surface area contributed by atoms with Gasteiger partial charge >= 0.3 is 5.97 Å². The number of nitrogens with one attached hydrogen (secondary N) is 2. The van der Waals surface area contributed by atoms with E-state index in [0.717, 1.165) is 19.3 Å². The number of hydrogen-bond donors (Lipinski definition) is 4. The fourth-order valence-corrected chi connectivity index (χ4v) is 3.93. The highest BCUT2D eigenvalue weighted by Crippen LogP contribution is 2.27. The molecule has 1 heterocycles. The van der Waals surface area contributed by atoms with Gasteiger partial charge in [-0.05, 0) is 32.1 Å². The lowest BCUT2D eigenvalue weighted by Gasteiger charge is -2.38. The predicted octanol–water partition coefficient (Wildman–Crippen LogP) is 0.365. The second kappa shape index (κ2) is 13.2. The molecule has 1 aliphatic carbocycles. The number of carboxylic acid groups (broad SMARTS) is 1. The number of guanidine groups is 1. The first-order valence-electron chi connectivity index (χ1n) is 11.3. The molecular formula is C21H37ClN6O5. The molecule has 3 amide bonds. The van der Waals surface area contributed by atoms with Gasteiger partial charge < -0.3 is 30.9 Å². The van der Waals surface area contributed by atoms with E-state index in [1.165, 1.54) is 4.90 Å². The number of nitrogens with two attached hydrogens (primary N) is 1. The number of likely N-dealkylation sites (tertiary alicyclic amines) is 1. The monoisotopic (exact) mass is 488 g/mol. The molecule has 0 aromatic heterocycles. The van der Waals surface area contributed by atoms with Crippen molar-refractivity contribution in [3.05, 3.63) is 0 Å². The number of aliphatic carboxylic acids is 1. The molecule has 2 fully saturated rings. The molecule has 1 saturated heterocycles. The molecule has 0 spiro atoms. The number of likely N-dealkylation sites (N-methyl/N-ethyl adjacent to an activating group) is 1. The third-order valence-corrected chi connectivity index (χ3v) is 6.02. The second-order valence-electron chi connectivity index (χ2n) is 8.65. The van der Waals surface area contributed by atoms with Crippen LogP contribution >= 0.6 is 12.4 Å². The number of unbranched alkanes of at least 4 members (excludes halogenated alkanes) is 1. The molecule has 0 unspecified atom stereocenters. The molecule has 33 heavy (non-hydrogen) atoms. The lowest BCUT2D eigenvalue weighted by Crippen LogP contribution is -2.55. The Kier molecular flexibility index (Phi) is 11.4. The van der Waals surface area contributed by atoms with Crippen LogP contribution in [-0.4, -0.2) is 94.3 Å². The Morgan fingerprint density at radius 1 is 1.21 bits per heavy atom. The number of carbonyl (C=O) groups excluding carboxylic acids is 3. The molecule has 2 atom stereocenters. The van der Waals surface area contributed by atoms with Gasteiger partial charge in [-0.1, -0.05) is 13.3 Å². The molecule has 1 aliphatic heterocycles. The Balaban J connectivity index is 0.00000544. The van der Waals surface area contributed by atoms with Crippen molar-refractivity contribution < 1.29 is 24.3 Å². The SMILES string of the molecule is CCCCC(=O)N[C@@H](CC(=O)N(C)[C@H]1CCCN(C(=N)N)C1)C(=O)N(CC(=O)O)C1CC1.Cl. The first-order chi connectivity index (χ1) is 15.1. The van der Waals surface area contributed by atoms with Gasteiger partial charge in [0.25, 0.3) is 0 Å². The number of carboxylic acids is 1. The average Bonchev–Trinajstić information content (AvgIpc) is 3.59. The normalized spacial score (nSPS) is 18.5. The van der Waals surface area contributed by atoms with E-state index in [0.29, 0.717) is 32.4 Å².